The summed E-state index contributed by atoms with van der Waals surface area (Å²) in [6, 6.07) is 11.1. The van der Waals surface area contributed by atoms with Crippen molar-refractivity contribution in [1.29, 1.82) is 0 Å². The van der Waals surface area contributed by atoms with E-state index in [1.165, 1.54) is 21.3 Å². The molecule has 0 radical (unpaired) electrons. The van der Waals surface area contributed by atoms with Gasteiger partial charge < -0.3 is 19.5 Å². The first-order chi connectivity index (χ1) is 14.3. The number of methoxy groups -OCH3 is 3. The molecule has 0 aromatic heterocycles. The zero-order valence-corrected chi connectivity index (χ0v) is 18.7. The van der Waals surface area contributed by atoms with E-state index in [1.807, 2.05) is 0 Å². The molecule has 0 saturated carbocycles. The smallest absolute Gasteiger partial charge is 0.244 e. The highest BCUT2D eigenvalue weighted by Gasteiger charge is 2.31. The van der Waals surface area contributed by atoms with Gasteiger partial charge in [-0.05, 0) is 30.7 Å². The van der Waals surface area contributed by atoms with Crippen LogP contribution in [0.4, 0.5) is 5.69 Å². The van der Waals surface area contributed by atoms with E-state index in [0.29, 0.717) is 34.9 Å². The van der Waals surface area contributed by atoms with Gasteiger partial charge in [0.2, 0.25) is 21.7 Å². The lowest BCUT2D eigenvalue weighted by molar-refractivity contribution is -0.122. The highest BCUT2D eigenvalue weighted by molar-refractivity contribution is 7.92. The minimum absolute atomic E-state index is 0.130. The van der Waals surface area contributed by atoms with Crippen LogP contribution in [0.2, 0.25) is 0 Å². The SMILES string of the molecule is CC[C@@H](C(=O)NCc1ccc(OC)c(OC)c1OC)N(c1ccccc1)S(C)(=O)=O. The average Bonchev–Trinajstić information content (AvgIpc) is 2.74. The molecule has 1 amide bonds. The van der Waals surface area contributed by atoms with Crippen LogP contribution in [0.1, 0.15) is 18.9 Å². The molecule has 0 spiro atoms. The second kappa shape index (κ2) is 10.2. The zero-order chi connectivity index (χ0) is 22.3. The van der Waals surface area contributed by atoms with E-state index in [4.69, 9.17) is 14.2 Å². The van der Waals surface area contributed by atoms with Gasteiger partial charge in [0.05, 0.1) is 33.3 Å². The Bertz CT molecular complexity index is 963. The molecular weight excluding hydrogens is 408 g/mol. The highest BCUT2D eigenvalue weighted by Crippen LogP contribution is 2.39. The van der Waals surface area contributed by atoms with Gasteiger partial charge in [-0.3, -0.25) is 9.10 Å². The molecule has 8 nitrogen and oxygen atoms in total. The Hall–Kier alpha value is -2.94. The number of carbonyl (C=O) groups is 1. The summed E-state index contributed by atoms with van der Waals surface area (Å²) < 4.78 is 42.1. The van der Waals surface area contributed by atoms with Crippen molar-refractivity contribution in [1.82, 2.24) is 5.32 Å². The third-order valence-corrected chi connectivity index (χ3v) is 5.76. The van der Waals surface area contributed by atoms with Crippen molar-refractivity contribution < 1.29 is 27.4 Å². The quantitative estimate of drug-likeness (QED) is 0.615. The number of rotatable bonds is 10. The molecule has 9 heteroatoms. The van der Waals surface area contributed by atoms with Gasteiger partial charge in [-0.2, -0.15) is 0 Å². The molecule has 0 saturated heterocycles. The Kier molecular flexibility index (Phi) is 7.93. The van der Waals surface area contributed by atoms with Crippen LogP contribution in [-0.4, -0.2) is 48.0 Å². The number of ether oxygens (including phenoxy) is 3. The molecular formula is C21H28N2O6S. The molecule has 1 N–H and O–H groups in total. The van der Waals surface area contributed by atoms with Crippen molar-refractivity contribution in [2.75, 3.05) is 31.9 Å². The van der Waals surface area contributed by atoms with E-state index in [9.17, 15) is 13.2 Å². The predicted octanol–water partition coefficient (Wildman–Crippen LogP) is 2.57. The summed E-state index contributed by atoms with van der Waals surface area (Å²) in [4.78, 5) is 13.0. The highest BCUT2D eigenvalue weighted by atomic mass is 32.2. The Morgan fingerprint density at radius 2 is 1.63 bits per heavy atom. The number of hydrogen-bond donors (Lipinski definition) is 1. The summed E-state index contributed by atoms with van der Waals surface area (Å²) in [6.45, 7) is 1.90. The first kappa shape index (κ1) is 23.3. The molecule has 0 fully saturated rings. The van der Waals surface area contributed by atoms with Crippen molar-refractivity contribution in [3.63, 3.8) is 0 Å². The van der Waals surface area contributed by atoms with Crippen LogP contribution >= 0.6 is 0 Å². The number of amides is 1. The van der Waals surface area contributed by atoms with Gasteiger partial charge in [-0.25, -0.2) is 8.42 Å². The number of carbonyl (C=O) groups excluding carboxylic acids is 1. The average molecular weight is 437 g/mol. The van der Waals surface area contributed by atoms with Gasteiger partial charge in [0.15, 0.2) is 11.5 Å². The lowest BCUT2D eigenvalue weighted by atomic mass is 10.1. The number of hydrogen-bond acceptors (Lipinski definition) is 6. The van der Waals surface area contributed by atoms with E-state index in [2.05, 4.69) is 5.32 Å². The monoisotopic (exact) mass is 436 g/mol. The number of nitrogens with zero attached hydrogens (tertiary/aromatic N) is 1. The van der Waals surface area contributed by atoms with Crippen molar-refractivity contribution in [3.05, 3.63) is 48.0 Å². The Morgan fingerprint density at radius 3 is 2.13 bits per heavy atom. The fourth-order valence-corrected chi connectivity index (χ4v) is 4.45. The maximum Gasteiger partial charge on any atom is 0.244 e. The Balaban J connectivity index is 2.29. The van der Waals surface area contributed by atoms with E-state index in [-0.39, 0.29) is 6.54 Å². The first-order valence-electron chi connectivity index (χ1n) is 9.38. The first-order valence-corrected chi connectivity index (χ1v) is 11.2. The molecule has 0 unspecified atom stereocenters. The van der Waals surface area contributed by atoms with Crippen LogP contribution in [0.15, 0.2) is 42.5 Å². The van der Waals surface area contributed by atoms with Gasteiger partial charge in [-0.1, -0.05) is 25.1 Å². The van der Waals surface area contributed by atoms with E-state index in [0.717, 1.165) is 10.6 Å². The van der Waals surface area contributed by atoms with Crippen molar-refractivity contribution in [3.8, 4) is 17.2 Å². The van der Waals surface area contributed by atoms with Crippen molar-refractivity contribution in [2.45, 2.75) is 25.9 Å². The van der Waals surface area contributed by atoms with E-state index < -0.39 is 22.0 Å². The standard InChI is InChI=1S/C21H28N2O6S/c1-6-17(23(30(5,25)26)16-10-8-7-9-11-16)21(24)22-14-15-12-13-18(27-2)20(29-4)19(15)28-3/h7-13,17H,6,14H2,1-5H3,(H,22,24)/t17-/m0/s1. The van der Waals surface area contributed by atoms with Gasteiger partial charge in [-0.15, -0.1) is 0 Å². The van der Waals surface area contributed by atoms with E-state index in [1.54, 1.807) is 49.4 Å². The van der Waals surface area contributed by atoms with Gasteiger partial charge in [0, 0.05) is 12.1 Å². The van der Waals surface area contributed by atoms with Crippen molar-refractivity contribution in [2.24, 2.45) is 0 Å². The molecule has 30 heavy (non-hydrogen) atoms. The third-order valence-electron chi connectivity index (χ3n) is 4.58. The summed E-state index contributed by atoms with van der Waals surface area (Å²) >= 11 is 0. The lowest BCUT2D eigenvalue weighted by Crippen LogP contribution is -2.49. The van der Waals surface area contributed by atoms with Crippen LogP contribution < -0.4 is 23.8 Å². The van der Waals surface area contributed by atoms with Gasteiger partial charge >= 0.3 is 0 Å². The molecule has 164 valence electrons. The molecule has 2 aromatic rings. The molecule has 0 aliphatic carbocycles. The van der Waals surface area contributed by atoms with Crippen LogP contribution in [0.3, 0.4) is 0 Å². The number of benzene rings is 2. The number of para-hydroxylation sites is 1. The number of sulfonamides is 1. The summed E-state index contributed by atoms with van der Waals surface area (Å²) in [5.41, 5.74) is 1.11. The number of nitrogens with one attached hydrogen (secondary N) is 1. The summed E-state index contributed by atoms with van der Waals surface area (Å²) in [6.07, 6.45) is 1.39. The zero-order valence-electron chi connectivity index (χ0n) is 17.8. The molecule has 0 aliphatic rings. The summed E-state index contributed by atoms with van der Waals surface area (Å²) in [5, 5.41) is 2.81. The van der Waals surface area contributed by atoms with Crippen LogP contribution in [0.25, 0.3) is 0 Å². The molecule has 0 bridgehead atoms. The van der Waals surface area contributed by atoms with Crippen LogP contribution in [-0.2, 0) is 21.4 Å². The second-order valence-corrected chi connectivity index (χ2v) is 8.39. The molecule has 1 atom stereocenters. The van der Waals surface area contributed by atoms with Crippen molar-refractivity contribution >= 4 is 21.6 Å². The van der Waals surface area contributed by atoms with E-state index >= 15 is 0 Å². The molecule has 2 aromatic carbocycles. The lowest BCUT2D eigenvalue weighted by Gasteiger charge is -2.30. The summed E-state index contributed by atoms with van der Waals surface area (Å²) in [7, 11) is 0.841. The van der Waals surface area contributed by atoms with Crippen LogP contribution in [0, 0.1) is 0 Å². The van der Waals surface area contributed by atoms with Gasteiger partial charge in [0.25, 0.3) is 0 Å². The minimum atomic E-state index is -3.68. The number of anilines is 1. The normalized spacial score (nSPS) is 12.0. The molecule has 2 rings (SSSR count). The maximum atomic E-state index is 13.0. The second-order valence-electron chi connectivity index (χ2n) is 6.53. The summed E-state index contributed by atoms with van der Waals surface area (Å²) in [5.74, 6) is 0.945. The maximum absolute atomic E-state index is 13.0. The largest absolute Gasteiger partial charge is 0.493 e. The Labute approximate surface area is 177 Å². The predicted molar refractivity (Wildman–Crippen MR) is 116 cm³/mol. The topological polar surface area (TPSA) is 94.2 Å². The minimum Gasteiger partial charge on any atom is -0.493 e. The van der Waals surface area contributed by atoms with Gasteiger partial charge in [0.1, 0.15) is 6.04 Å². The molecule has 0 heterocycles. The Morgan fingerprint density at radius 1 is 1.00 bits per heavy atom. The fourth-order valence-electron chi connectivity index (χ4n) is 3.24. The van der Waals surface area contributed by atoms with Crippen LogP contribution in [0.5, 0.6) is 17.2 Å². The third kappa shape index (κ3) is 5.15. The fraction of sp³-hybridized carbons (Fsp3) is 0.381. The molecule has 0 aliphatic heterocycles.